The number of benzene rings is 2. The van der Waals surface area contributed by atoms with Crippen molar-refractivity contribution in [1.82, 2.24) is 34.8 Å². The maximum Gasteiger partial charge on any atom is 0.262 e. The van der Waals surface area contributed by atoms with Crippen molar-refractivity contribution >= 4 is 52.3 Å². The van der Waals surface area contributed by atoms with E-state index in [1.165, 1.54) is 0 Å². The number of imide groups is 2. The molecule has 3 aliphatic rings. The Kier molecular flexibility index (Phi) is 9.10. The van der Waals surface area contributed by atoms with Crippen LogP contribution in [0.25, 0.3) is 5.00 Å². The number of halogens is 1. The molecule has 0 aliphatic carbocycles. The van der Waals surface area contributed by atoms with Crippen LogP contribution in [-0.2, 0) is 29.1 Å². The molecule has 1 fully saturated rings. The van der Waals surface area contributed by atoms with Gasteiger partial charge in [-0.3, -0.25) is 43.6 Å². The number of nitrogens with zero attached hydrogens (tertiary/aromatic N) is 7. The zero-order valence-electron chi connectivity index (χ0n) is 29.0. The maximum atomic E-state index is 13.4. The summed E-state index contributed by atoms with van der Waals surface area (Å²) in [6.45, 7) is 5.14. The first-order chi connectivity index (χ1) is 25.7. The molecular weight excluding hydrogens is 712 g/mol. The molecule has 1 N–H and O–H groups in total. The van der Waals surface area contributed by atoms with E-state index in [1.807, 2.05) is 48.1 Å². The number of fused-ring (bicyclic) bond motifs is 4. The lowest BCUT2D eigenvalue weighted by Crippen LogP contribution is -2.54. The van der Waals surface area contributed by atoms with Crippen LogP contribution in [0, 0.1) is 25.7 Å². The van der Waals surface area contributed by atoms with Gasteiger partial charge in [0, 0.05) is 35.3 Å². The van der Waals surface area contributed by atoms with Crippen LogP contribution < -0.4 is 5.32 Å². The molecular formula is C39H33ClN8O4S. The zero-order valence-corrected chi connectivity index (χ0v) is 30.6. The third-order valence-corrected chi connectivity index (χ3v) is 11.2. The van der Waals surface area contributed by atoms with Crippen LogP contribution in [-0.4, -0.2) is 64.8 Å². The number of unbranched alkanes of at least 4 members (excludes halogenated alkanes) is 2. The lowest BCUT2D eigenvalue weighted by atomic mass is 9.98. The highest BCUT2D eigenvalue weighted by Gasteiger charge is 2.45. The van der Waals surface area contributed by atoms with Gasteiger partial charge in [-0.1, -0.05) is 54.1 Å². The number of aliphatic imine (C=N–C) groups is 1. The van der Waals surface area contributed by atoms with Crippen molar-refractivity contribution < 1.29 is 19.2 Å². The SMILES string of the molecule is Cc1c(C#Cc2cnn(CCCCCc3cccc4c3C(=O)N(C3CCC(=O)NC3=O)C4=O)c2)sc2c1C(c1ccc(Cl)cc1)=NCc1nnc(C)n1-2. The Morgan fingerprint density at radius 1 is 0.962 bits per heavy atom. The highest BCUT2D eigenvalue weighted by Crippen LogP contribution is 2.37. The van der Waals surface area contributed by atoms with Gasteiger partial charge in [-0.05, 0) is 68.9 Å². The van der Waals surface area contributed by atoms with Crippen molar-refractivity contribution in [2.45, 2.75) is 71.5 Å². The van der Waals surface area contributed by atoms with E-state index >= 15 is 0 Å². The number of carbonyl (C=O) groups excluding carboxylic acids is 4. The van der Waals surface area contributed by atoms with Crippen molar-refractivity contribution in [3.63, 3.8) is 0 Å². The van der Waals surface area contributed by atoms with Crippen molar-refractivity contribution in [3.8, 4) is 16.8 Å². The van der Waals surface area contributed by atoms with Crippen LogP contribution in [0.4, 0.5) is 0 Å². The minimum atomic E-state index is -0.976. The predicted octanol–water partition coefficient (Wildman–Crippen LogP) is 5.36. The van der Waals surface area contributed by atoms with Gasteiger partial charge in [-0.25, -0.2) is 0 Å². The number of rotatable bonds is 8. The fourth-order valence-corrected chi connectivity index (χ4v) is 8.49. The molecule has 0 bridgehead atoms. The van der Waals surface area contributed by atoms with Gasteiger partial charge in [0.25, 0.3) is 11.8 Å². The number of hydrogen-bond acceptors (Lipinski definition) is 9. The van der Waals surface area contributed by atoms with E-state index in [9.17, 15) is 19.2 Å². The summed E-state index contributed by atoms with van der Waals surface area (Å²) >= 11 is 7.79. The standard InChI is InChI=1S/C39H33ClN8O4S/c1-22-30(53-39-33(22)35(26-11-13-27(40)14-12-26)41-20-31-45-44-23(2)47(31)39)16-10-24-19-42-46(21-24)18-5-3-4-7-25-8-6-9-28-34(25)38(52)48(37(28)51)29-15-17-32(49)43-36(29)50/h6,8-9,11-14,19,21,29H,3-5,7,15,17-18,20H2,1-2H3,(H,43,49,50). The van der Waals surface area contributed by atoms with Gasteiger partial charge in [0.2, 0.25) is 11.8 Å². The number of thiophene rings is 1. The lowest BCUT2D eigenvalue weighted by molar-refractivity contribution is -0.136. The fourth-order valence-electron chi connectivity index (χ4n) is 7.14. The third kappa shape index (κ3) is 6.38. The molecule has 8 rings (SSSR count). The van der Waals surface area contributed by atoms with E-state index < -0.39 is 29.7 Å². The highest BCUT2D eigenvalue weighted by atomic mass is 35.5. The molecule has 1 unspecified atom stereocenters. The Balaban J connectivity index is 0.916. The van der Waals surface area contributed by atoms with E-state index in [0.717, 1.165) is 79.2 Å². The topological polar surface area (TPSA) is 144 Å². The summed E-state index contributed by atoms with van der Waals surface area (Å²) in [7, 11) is 0. The summed E-state index contributed by atoms with van der Waals surface area (Å²) < 4.78 is 3.96. The molecule has 3 aliphatic heterocycles. The van der Waals surface area contributed by atoms with Crippen molar-refractivity contribution in [2.24, 2.45) is 4.99 Å². The van der Waals surface area contributed by atoms with Gasteiger partial charge >= 0.3 is 0 Å². The van der Waals surface area contributed by atoms with Crippen molar-refractivity contribution in [3.05, 3.63) is 115 Å². The molecule has 0 radical (unpaired) electrons. The number of hydrogen-bond donors (Lipinski definition) is 1. The summed E-state index contributed by atoms with van der Waals surface area (Å²) in [6.07, 6.45) is 7.11. The number of aryl methyl sites for hydroxylation is 3. The second-order valence-corrected chi connectivity index (χ2v) is 14.7. The number of piperidine rings is 1. The van der Waals surface area contributed by atoms with E-state index in [0.29, 0.717) is 35.7 Å². The largest absolute Gasteiger partial charge is 0.295 e. The molecule has 266 valence electrons. The van der Waals surface area contributed by atoms with Gasteiger partial charge in [0.15, 0.2) is 5.82 Å². The molecule has 5 aromatic rings. The quantitative estimate of drug-likeness (QED) is 0.128. The lowest BCUT2D eigenvalue weighted by Gasteiger charge is -2.27. The number of aromatic nitrogens is 5. The first-order valence-electron chi connectivity index (χ1n) is 17.4. The summed E-state index contributed by atoms with van der Waals surface area (Å²) in [6, 6.07) is 12.0. The van der Waals surface area contributed by atoms with Gasteiger partial charge in [0.1, 0.15) is 23.4 Å². The van der Waals surface area contributed by atoms with E-state index in [4.69, 9.17) is 16.6 Å². The Bertz CT molecular complexity index is 2430. The second kappa shape index (κ2) is 14.0. The molecule has 3 aromatic heterocycles. The second-order valence-electron chi connectivity index (χ2n) is 13.2. The highest BCUT2D eigenvalue weighted by molar-refractivity contribution is 7.15. The van der Waals surface area contributed by atoms with Gasteiger partial charge < -0.3 is 0 Å². The van der Waals surface area contributed by atoms with Gasteiger partial charge in [0.05, 0.1) is 33.5 Å². The van der Waals surface area contributed by atoms with Crippen molar-refractivity contribution in [1.29, 1.82) is 0 Å². The zero-order chi connectivity index (χ0) is 36.8. The van der Waals surface area contributed by atoms with Gasteiger partial charge in [-0.2, -0.15) is 5.10 Å². The van der Waals surface area contributed by atoms with E-state index in [2.05, 4.69) is 43.9 Å². The van der Waals surface area contributed by atoms with Crippen molar-refractivity contribution in [2.75, 3.05) is 0 Å². The Morgan fingerprint density at radius 3 is 2.60 bits per heavy atom. The molecule has 12 nitrogen and oxygen atoms in total. The average molecular weight is 745 g/mol. The van der Waals surface area contributed by atoms with Crippen LogP contribution in [0.15, 0.2) is 59.9 Å². The molecule has 1 saturated heterocycles. The molecule has 2 aromatic carbocycles. The smallest absolute Gasteiger partial charge is 0.262 e. The predicted molar refractivity (Wildman–Crippen MR) is 198 cm³/mol. The van der Waals surface area contributed by atoms with Crippen LogP contribution in [0.3, 0.4) is 0 Å². The molecule has 1 atom stereocenters. The normalized spacial score (nSPS) is 16.4. The average Bonchev–Trinajstić information content (AvgIpc) is 3.87. The summed E-state index contributed by atoms with van der Waals surface area (Å²) in [5.74, 6) is 6.30. The molecule has 53 heavy (non-hydrogen) atoms. The van der Waals surface area contributed by atoms with Gasteiger partial charge in [-0.15, -0.1) is 21.5 Å². The number of nitrogens with one attached hydrogen (secondary N) is 1. The Hall–Kier alpha value is -5.71. The van der Waals surface area contributed by atoms with Crippen LogP contribution in [0.5, 0.6) is 0 Å². The molecule has 0 saturated carbocycles. The minimum absolute atomic E-state index is 0.0881. The number of amides is 4. The first-order valence-corrected chi connectivity index (χ1v) is 18.6. The number of carbonyl (C=O) groups is 4. The minimum Gasteiger partial charge on any atom is -0.295 e. The summed E-state index contributed by atoms with van der Waals surface area (Å²) in [5.41, 5.74) is 6.18. The Morgan fingerprint density at radius 2 is 1.79 bits per heavy atom. The first kappa shape index (κ1) is 34.4. The van der Waals surface area contributed by atoms with Crippen LogP contribution in [0.2, 0.25) is 5.02 Å². The monoisotopic (exact) mass is 744 g/mol. The molecule has 6 heterocycles. The van der Waals surface area contributed by atoms with Crippen LogP contribution >= 0.6 is 22.9 Å². The molecule has 14 heteroatoms. The summed E-state index contributed by atoms with van der Waals surface area (Å²) in [5, 5.41) is 17.1. The Labute approximate surface area is 313 Å². The molecule has 0 spiro atoms. The van der Waals surface area contributed by atoms with Crippen LogP contribution in [0.1, 0.15) is 97.2 Å². The maximum absolute atomic E-state index is 13.4. The summed E-state index contributed by atoms with van der Waals surface area (Å²) in [4.78, 5) is 57.5. The van der Waals surface area contributed by atoms with E-state index in [-0.39, 0.29) is 12.8 Å². The molecule has 4 amide bonds. The third-order valence-electron chi connectivity index (χ3n) is 9.80. The van der Waals surface area contributed by atoms with E-state index in [1.54, 1.807) is 29.7 Å². The fraction of sp³-hybridized carbons (Fsp3) is 0.282.